The molecule has 3 N–H and O–H groups in total. The highest BCUT2D eigenvalue weighted by molar-refractivity contribution is 5.87. The number of hydrogen-bond donors (Lipinski definition) is 2. The maximum absolute atomic E-state index is 10.7. The summed E-state index contributed by atoms with van der Waals surface area (Å²) in [7, 11) is 0. The van der Waals surface area contributed by atoms with Crippen molar-refractivity contribution in [2.75, 3.05) is 13.1 Å². The summed E-state index contributed by atoms with van der Waals surface area (Å²) < 4.78 is 0. The highest BCUT2D eigenvalue weighted by atomic mass is 35.5. The summed E-state index contributed by atoms with van der Waals surface area (Å²) in [5, 5.41) is 2.62. The highest BCUT2D eigenvalue weighted by Gasteiger charge is 1.89. The Balaban J connectivity index is 0. The molecule has 0 radical (unpaired) electrons. The lowest BCUT2D eigenvalue weighted by molar-refractivity contribution is -0.116. The van der Waals surface area contributed by atoms with E-state index >= 15 is 0 Å². The molecule has 0 fully saturated rings. The lowest BCUT2D eigenvalue weighted by Gasteiger charge is -1.96. The van der Waals surface area contributed by atoms with Crippen molar-refractivity contribution >= 4 is 18.3 Å². The first-order valence-corrected chi connectivity index (χ1v) is 3.45. The quantitative estimate of drug-likeness (QED) is 0.615. The molecule has 0 spiro atoms. The van der Waals surface area contributed by atoms with Crippen LogP contribution in [0, 0.1) is 0 Å². The fourth-order valence-electron chi connectivity index (χ4n) is 0.479. The number of allylic oxidation sites excluding steroid dienone is 1. The number of carbonyl (C=O) groups excluding carboxylic acids is 1. The molecule has 0 aliphatic carbocycles. The average molecular weight is 179 g/mol. The predicted molar refractivity (Wildman–Crippen MR) is 48.7 cm³/mol. The van der Waals surface area contributed by atoms with Crippen molar-refractivity contribution in [1.82, 2.24) is 5.32 Å². The van der Waals surface area contributed by atoms with Crippen LogP contribution in [0.5, 0.6) is 0 Å². The minimum atomic E-state index is -0.0627. The van der Waals surface area contributed by atoms with Crippen LogP contribution in [0.2, 0.25) is 0 Å². The van der Waals surface area contributed by atoms with Gasteiger partial charge in [0.1, 0.15) is 0 Å². The molecule has 0 aromatic heterocycles. The number of rotatable bonds is 4. The molecule has 0 heterocycles. The van der Waals surface area contributed by atoms with E-state index in [1.165, 1.54) is 6.08 Å². The Morgan fingerprint density at radius 3 is 2.73 bits per heavy atom. The van der Waals surface area contributed by atoms with Gasteiger partial charge in [-0.05, 0) is 12.5 Å². The monoisotopic (exact) mass is 178 g/mol. The molecule has 0 aromatic carbocycles. The number of carbonyl (C=O) groups is 1. The number of halogens is 1. The van der Waals surface area contributed by atoms with Crippen molar-refractivity contribution in [3.63, 3.8) is 0 Å². The largest absolute Gasteiger partial charge is 0.351 e. The lowest BCUT2D eigenvalue weighted by atomic mass is 10.4. The van der Waals surface area contributed by atoms with E-state index in [1.807, 2.05) is 13.0 Å². The summed E-state index contributed by atoms with van der Waals surface area (Å²) in [6.45, 7) is 3.02. The van der Waals surface area contributed by atoms with E-state index in [0.29, 0.717) is 13.1 Å². The maximum Gasteiger partial charge on any atom is 0.243 e. The molecule has 11 heavy (non-hydrogen) atoms. The van der Waals surface area contributed by atoms with E-state index < -0.39 is 0 Å². The number of nitrogens with one attached hydrogen (secondary N) is 1. The van der Waals surface area contributed by atoms with Crippen molar-refractivity contribution in [1.29, 1.82) is 0 Å². The molecular formula is C7H15ClN2O. The number of hydrogen-bond acceptors (Lipinski definition) is 2. The van der Waals surface area contributed by atoms with Crippen LogP contribution in [0.1, 0.15) is 13.3 Å². The van der Waals surface area contributed by atoms with Gasteiger partial charge in [0, 0.05) is 13.1 Å². The van der Waals surface area contributed by atoms with E-state index in [9.17, 15) is 4.79 Å². The molecule has 0 saturated carbocycles. The van der Waals surface area contributed by atoms with Gasteiger partial charge in [0.05, 0.1) is 0 Å². The molecule has 1 amide bonds. The molecule has 0 aliphatic rings. The molecule has 4 heteroatoms. The summed E-state index contributed by atoms with van der Waals surface area (Å²) >= 11 is 0. The van der Waals surface area contributed by atoms with Gasteiger partial charge in [-0.15, -0.1) is 12.4 Å². The van der Waals surface area contributed by atoms with Crippen LogP contribution < -0.4 is 11.1 Å². The second kappa shape index (κ2) is 9.46. The minimum Gasteiger partial charge on any atom is -0.351 e. The average Bonchev–Trinajstić information content (AvgIpc) is 1.97. The maximum atomic E-state index is 10.7. The number of amides is 1. The van der Waals surface area contributed by atoms with Gasteiger partial charge < -0.3 is 11.1 Å². The van der Waals surface area contributed by atoms with Crippen molar-refractivity contribution in [2.24, 2.45) is 5.73 Å². The van der Waals surface area contributed by atoms with E-state index in [0.717, 1.165) is 6.42 Å². The van der Waals surface area contributed by atoms with Gasteiger partial charge >= 0.3 is 0 Å². The molecule has 66 valence electrons. The predicted octanol–water partition coefficient (Wildman–Crippen LogP) is 0.449. The van der Waals surface area contributed by atoms with Gasteiger partial charge in [0.15, 0.2) is 0 Å². The number of nitrogens with two attached hydrogens (primary N) is 1. The summed E-state index contributed by atoms with van der Waals surface area (Å²) in [6, 6.07) is 0. The van der Waals surface area contributed by atoms with E-state index in [4.69, 9.17) is 5.73 Å². The van der Waals surface area contributed by atoms with Crippen LogP contribution in [-0.2, 0) is 4.79 Å². The van der Waals surface area contributed by atoms with Gasteiger partial charge in [0.25, 0.3) is 0 Å². The third-order valence-corrected chi connectivity index (χ3v) is 0.948. The zero-order valence-corrected chi connectivity index (χ0v) is 7.49. The van der Waals surface area contributed by atoms with Gasteiger partial charge in [-0.25, -0.2) is 0 Å². The van der Waals surface area contributed by atoms with Crippen molar-refractivity contribution in [3.05, 3.63) is 12.2 Å². The smallest absolute Gasteiger partial charge is 0.243 e. The van der Waals surface area contributed by atoms with Gasteiger partial charge in [-0.2, -0.15) is 0 Å². The molecule has 0 bridgehead atoms. The highest BCUT2D eigenvalue weighted by Crippen LogP contribution is 1.78. The minimum absolute atomic E-state index is 0. The molecule has 0 rings (SSSR count). The van der Waals surface area contributed by atoms with Crippen LogP contribution in [-0.4, -0.2) is 19.0 Å². The Morgan fingerprint density at radius 2 is 2.27 bits per heavy atom. The van der Waals surface area contributed by atoms with Crippen molar-refractivity contribution in [2.45, 2.75) is 13.3 Å². The van der Waals surface area contributed by atoms with Gasteiger partial charge in [0.2, 0.25) is 5.91 Å². The SMILES string of the molecule is CC/C=C/C(=O)NCCN.Cl. The van der Waals surface area contributed by atoms with Crippen LogP contribution in [0.4, 0.5) is 0 Å². The zero-order valence-electron chi connectivity index (χ0n) is 6.67. The first kappa shape index (κ1) is 13.1. The van der Waals surface area contributed by atoms with Crippen molar-refractivity contribution in [3.8, 4) is 0 Å². The summed E-state index contributed by atoms with van der Waals surface area (Å²) in [6.07, 6.45) is 4.22. The van der Waals surface area contributed by atoms with E-state index in [1.54, 1.807) is 0 Å². The zero-order chi connectivity index (χ0) is 7.82. The molecule has 0 aliphatic heterocycles. The van der Waals surface area contributed by atoms with Crippen LogP contribution in [0.25, 0.3) is 0 Å². The van der Waals surface area contributed by atoms with Crippen LogP contribution >= 0.6 is 12.4 Å². The molecule has 0 atom stereocenters. The third kappa shape index (κ3) is 9.46. The summed E-state index contributed by atoms with van der Waals surface area (Å²) in [4.78, 5) is 10.7. The Bertz CT molecular complexity index is 126. The first-order chi connectivity index (χ1) is 4.81. The second-order valence-corrected chi connectivity index (χ2v) is 1.89. The fraction of sp³-hybridized carbons (Fsp3) is 0.571. The third-order valence-electron chi connectivity index (χ3n) is 0.948. The Labute approximate surface area is 73.4 Å². The van der Waals surface area contributed by atoms with Crippen molar-refractivity contribution < 1.29 is 4.79 Å². The molecular weight excluding hydrogens is 164 g/mol. The molecule has 0 aromatic rings. The molecule has 0 unspecified atom stereocenters. The Morgan fingerprint density at radius 1 is 1.64 bits per heavy atom. The lowest BCUT2D eigenvalue weighted by Crippen LogP contribution is -2.27. The van der Waals surface area contributed by atoms with Gasteiger partial charge in [-0.1, -0.05) is 13.0 Å². The molecule has 3 nitrogen and oxygen atoms in total. The summed E-state index contributed by atoms with van der Waals surface area (Å²) in [5.41, 5.74) is 5.17. The fourth-order valence-corrected chi connectivity index (χ4v) is 0.479. The summed E-state index contributed by atoms with van der Waals surface area (Å²) in [5.74, 6) is -0.0627. The van der Waals surface area contributed by atoms with Crippen LogP contribution in [0.3, 0.4) is 0 Å². The van der Waals surface area contributed by atoms with Gasteiger partial charge in [-0.3, -0.25) is 4.79 Å². The second-order valence-electron chi connectivity index (χ2n) is 1.89. The van der Waals surface area contributed by atoms with E-state index in [2.05, 4.69) is 5.32 Å². The normalized spacial score (nSPS) is 9.27. The first-order valence-electron chi connectivity index (χ1n) is 3.45. The standard InChI is InChI=1S/C7H14N2O.ClH/c1-2-3-4-7(10)9-6-5-8;/h3-4H,2,5-6,8H2,1H3,(H,9,10);1H/b4-3+;. The Hall–Kier alpha value is -0.540. The topological polar surface area (TPSA) is 55.1 Å². The molecule has 0 saturated heterocycles. The van der Waals surface area contributed by atoms with E-state index in [-0.39, 0.29) is 18.3 Å². The van der Waals surface area contributed by atoms with Crippen LogP contribution in [0.15, 0.2) is 12.2 Å². The Kier molecular flexibility index (Phi) is 11.2.